The van der Waals surface area contributed by atoms with E-state index in [1.165, 1.54) is 19.3 Å². The van der Waals surface area contributed by atoms with Crippen LogP contribution in [0.3, 0.4) is 0 Å². The first-order valence-corrected chi connectivity index (χ1v) is 6.70. The molecule has 96 valence electrons. The number of hydrogen-bond donors (Lipinski definition) is 2. The summed E-state index contributed by atoms with van der Waals surface area (Å²) in [6.07, 6.45) is 4.63. The van der Waals surface area contributed by atoms with Gasteiger partial charge in [0.2, 0.25) is 0 Å². The lowest BCUT2D eigenvalue weighted by Crippen LogP contribution is -2.46. The molecule has 1 rings (SSSR count). The molecule has 2 N–H and O–H groups in total. The summed E-state index contributed by atoms with van der Waals surface area (Å²) >= 11 is 0. The lowest BCUT2D eigenvalue weighted by molar-refractivity contribution is 0.0449. The van der Waals surface area contributed by atoms with E-state index in [1.54, 1.807) is 0 Å². The summed E-state index contributed by atoms with van der Waals surface area (Å²) in [5.74, 6) is 0.799. The van der Waals surface area contributed by atoms with Crippen molar-refractivity contribution in [1.29, 1.82) is 0 Å². The van der Waals surface area contributed by atoms with Crippen LogP contribution in [0.4, 0.5) is 0 Å². The van der Waals surface area contributed by atoms with Crippen molar-refractivity contribution in [3.63, 3.8) is 0 Å². The first kappa shape index (κ1) is 14.0. The summed E-state index contributed by atoms with van der Waals surface area (Å²) < 4.78 is 0. The van der Waals surface area contributed by atoms with Gasteiger partial charge in [0.05, 0.1) is 5.60 Å². The summed E-state index contributed by atoms with van der Waals surface area (Å²) in [6, 6.07) is 0.580. The maximum absolute atomic E-state index is 9.99. The van der Waals surface area contributed by atoms with Crippen molar-refractivity contribution in [3.05, 3.63) is 0 Å². The van der Waals surface area contributed by atoms with E-state index in [2.05, 4.69) is 26.1 Å². The fourth-order valence-electron chi connectivity index (χ4n) is 2.99. The van der Waals surface area contributed by atoms with Gasteiger partial charge in [-0.05, 0) is 43.9 Å². The van der Waals surface area contributed by atoms with Crippen LogP contribution in [0, 0.1) is 11.3 Å². The average molecular weight is 227 g/mol. The second-order valence-electron chi connectivity index (χ2n) is 6.84. The highest BCUT2D eigenvalue weighted by Gasteiger charge is 2.32. The van der Waals surface area contributed by atoms with Gasteiger partial charge in [0.15, 0.2) is 0 Å². The molecule has 0 bridgehead atoms. The lowest BCUT2D eigenvalue weighted by atomic mass is 9.70. The van der Waals surface area contributed by atoms with Crippen LogP contribution in [0.25, 0.3) is 0 Å². The number of hydrogen-bond acceptors (Lipinski definition) is 2. The van der Waals surface area contributed by atoms with Crippen molar-refractivity contribution in [2.75, 3.05) is 6.54 Å². The number of nitrogens with one attached hydrogen (secondary N) is 1. The van der Waals surface area contributed by atoms with E-state index in [4.69, 9.17) is 0 Å². The highest BCUT2D eigenvalue weighted by Crippen LogP contribution is 2.38. The van der Waals surface area contributed by atoms with E-state index in [-0.39, 0.29) is 0 Å². The molecule has 1 aliphatic carbocycles. The Balaban J connectivity index is 2.43. The Hall–Kier alpha value is -0.0800. The maximum Gasteiger partial charge on any atom is 0.0741 e. The largest absolute Gasteiger partial charge is 0.389 e. The Morgan fingerprint density at radius 2 is 2.00 bits per heavy atom. The fourth-order valence-corrected chi connectivity index (χ4v) is 2.99. The van der Waals surface area contributed by atoms with Crippen LogP contribution in [0.1, 0.15) is 60.3 Å². The van der Waals surface area contributed by atoms with Gasteiger partial charge in [-0.2, -0.15) is 0 Å². The SMILES string of the molecule is CCC(C)(O)CNC1CC(C)CC(C)(C)C1. The lowest BCUT2D eigenvalue weighted by Gasteiger charge is -2.40. The van der Waals surface area contributed by atoms with Crippen LogP contribution in [0.5, 0.6) is 0 Å². The summed E-state index contributed by atoms with van der Waals surface area (Å²) in [5.41, 5.74) is -0.0990. The predicted molar refractivity (Wildman–Crippen MR) is 69.5 cm³/mol. The van der Waals surface area contributed by atoms with E-state index >= 15 is 0 Å². The summed E-state index contributed by atoms with van der Waals surface area (Å²) in [4.78, 5) is 0. The van der Waals surface area contributed by atoms with Crippen molar-refractivity contribution in [3.8, 4) is 0 Å². The number of aliphatic hydroxyl groups is 1. The van der Waals surface area contributed by atoms with Crippen LogP contribution in [0.15, 0.2) is 0 Å². The molecule has 2 heteroatoms. The first-order chi connectivity index (χ1) is 7.24. The molecule has 0 aromatic carbocycles. The van der Waals surface area contributed by atoms with Gasteiger partial charge in [0, 0.05) is 12.6 Å². The van der Waals surface area contributed by atoms with E-state index in [1.807, 2.05) is 13.8 Å². The molecule has 2 nitrogen and oxygen atoms in total. The van der Waals surface area contributed by atoms with E-state index in [0.717, 1.165) is 18.9 Å². The molecule has 0 aromatic rings. The third-order valence-corrected chi connectivity index (χ3v) is 3.92. The van der Waals surface area contributed by atoms with Crippen LogP contribution in [0.2, 0.25) is 0 Å². The molecule has 3 unspecified atom stereocenters. The van der Waals surface area contributed by atoms with Crippen molar-refractivity contribution in [2.45, 2.75) is 71.9 Å². The minimum Gasteiger partial charge on any atom is -0.389 e. The molecular formula is C14H29NO. The normalized spacial score (nSPS) is 33.4. The van der Waals surface area contributed by atoms with Crippen LogP contribution >= 0.6 is 0 Å². The molecule has 0 radical (unpaired) electrons. The third-order valence-electron chi connectivity index (χ3n) is 3.92. The highest BCUT2D eigenvalue weighted by atomic mass is 16.3. The second kappa shape index (κ2) is 5.05. The minimum atomic E-state index is -0.551. The molecule has 1 aliphatic rings. The van der Waals surface area contributed by atoms with Crippen LogP contribution in [-0.4, -0.2) is 23.3 Å². The predicted octanol–water partition coefficient (Wildman–Crippen LogP) is 2.95. The molecular weight excluding hydrogens is 198 g/mol. The van der Waals surface area contributed by atoms with Crippen molar-refractivity contribution < 1.29 is 5.11 Å². The van der Waals surface area contributed by atoms with Gasteiger partial charge >= 0.3 is 0 Å². The molecule has 0 amide bonds. The van der Waals surface area contributed by atoms with Gasteiger partial charge in [-0.25, -0.2) is 0 Å². The smallest absolute Gasteiger partial charge is 0.0741 e. The summed E-state index contributed by atoms with van der Waals surface area (Å²) in [5, 5.41) is 13.5. The van der Waals surface area contributed by atoms with Gasteiger partial charge in [-0.15, -0.1) is 0 Å². The van der Waals surface area contributed by atoms with Gasteiger partial charge in [0.25, 0.3) is 0 Å². The molecule has 1 saturated carbocycles. The topological polar surface area (TPSA) is 32.3 Å². The Labute approximate surface area is 101 Å². The van der Waals surface area contributed by atoms with Crippen molar-refractivity contribution >= 4 is 0 Å². The molecule has 3 atom stereocenters. The molecule has 0 aromatic heterocycles. The Kier molecular flexibility index (Phi) is 4.42. The fraction of sp³-hybridized carbons (Fsp3) is 1.00. The van der Waals surface area contributed by atoms with Crippen LogP contribution in [-0.2, 0) is 0 Å². The molecule has 1 fully saturated rings. The Morgan fingerprint density at radius 1 is 1.38 bits per heavy atom. The monoisotopic (exact) mass is 227 g/mol. The average Bonchev–Trinajstić information content (AvgIpc) is 2.12. The van der Waals surface area contributed by atoms with E-state index < -0.39 is 5.60 Å². The first-order valence-electron chi connectivity index (χ1n) is 6.70. The van der Waals surface area contributed by atoms with Gasteiger partial charge in [-0.1, -0.05) is 27.7 Å². The summed E-state index contributed by atoms with van der Waals surface area (Å²) in [7, 11) is 0. The van der Waals surface area contributed by atoms with Crippen molar-refractivity contribution in [1.82, 2.24) is 5.32 Å². The van der Waals surface area contributed by atoms with E-state index in [9.17, 15) is 5.11 Å². The molecule has 0 saturated heterocycles. The molecule has 0 heterocycles. The molecule has 0 aliphatic heterocycles. The van der Waals surface area contributed by atoms with Gasteiger partial charge < -0.3 is 10.4 Å². The minimum absolute atomic E-state index is 0.452. The van der Waals surface area contributed by atoms with Gasteiger partial charge in [-0.3, -0.25) is 0 Å². The molecule has 0 spiro atoms. The van der Waals surface area contributed by atoms with Gasteiger partial charge in [0.1, 0.15) is 0 Å². The highest BCUT2D eigenvalue weighted by molar-refractivity contribution is 4.88. The zero-order valence-corrected chi connectivity index (χ0v) is 11.6. The quantitative estimate of drug-likeness (QED) is 0.774. The number of rotatable bonds is 4. The maximum atomic E-state index is 9.99. The summed E-state index contributed by atoms with van der Waals surface area (Å²) in [6.45, 7) is 11.7. The van der Waals surface area contributed by atoms with Crippen molar-refractivity contribution in [2.24, 2.45) is 11.3 Å². The molecule has 16 heavy (non-hydrogen) atoms. The van der Waals surface area contributed by atoms with E-state index in [0.29, 0.717) is 11.5 Å². The second-order valence-corrected chi connectivity index (χ2v) is 6.84. The Morgan fingerprint density at radius 3 is 2.50 bits per heavy atom. The zero-order chi connectivity index (χ0) is 12.4. The zero-order valence-electron chi connectivity index (χ0n) is 11.6. The Bertz CT molecular complexity index is 223. The van der Waals surface area contributed by atoms with Crippen LogP contribution < -0.4 is 5.32 Å². The third kappa shape index (κ3) is 4.42. The standard InChI is InChI=1S/C14H29NO/c1-6-14(5,16)10-15-12-7-11(2)8-13(3,4)9-12/h11-12,15-16H,6-10H2,1-5H3.